The van der Waals surface area contributed by atoms with Crippen LogP contribution in [0.25, 0.3) is 0 Å². The van der Waals surface area contributed by atoms with Crippen molar-refractivity contribution in [1.82, 2.24) is 0 Å². The highest BCUT2D eigenvalue weighted by Crippen LogP contribution is 1.81. The molecule has 9 nitrogen and oxygen atoms in total. The molecule has 0 fully saturated rings. The molecule has 0 spiro atoms. The fourth-order valence-corrected chi connectivity index (χ4v) is 1.70. The van der Waals surface area contributed by atoms with Gasteiger partial charge in [0.05, 0.1) is 45.7 Å². The lowest BCUT2D eigenvalue weighted by molar-refractivity contribution is 0.142. The van der Waals surface area contributed by atoms with Crippen molar-refractivity contribution < 1.29 is 29.2 Å². The van der Waals surface area contributed by atoms with Crippen molar-refractivity contribution in [2.24, 2.45) is 17.2 Å². The second-order valence-corrected chi connectivity index (χ2v) is 9.35. The lowest BCUT2D eigenvalue weighted by atomic mass is 10.5. The number of aliphatic hydroxyl groups excluding tert-OH is 2. The molecule has 0 radical (unpaired) electrons. The maximum Gasteiger partial charge on any atom is 0.0906 e. The van der Waals surface area contributed by atoms with Crippen molar-refractivity contribution in [1.29, 1.82) is 0 Å². The molecular formula is C23H65N3O6S8. The molecule has 0 aliphatic rings. The van der Waals surface area contributed by atoms with Gasteiger partial charge in [-0.05, 0) is 19.3 Å². The highest BCUT2D eigenvalue weighted by atomic mass is 32.2. The zero-order chi connectivity index (χ0) is 33.0. The molecule has 40 heavy (non-hydrogen) atoms. The summed E-state index contributed by atoms with van der Waals surface area (Å²) < 4.78 is 20.1. The van der Waals surface area contributed by atoms with Gasteiger partial charge < -0.3 is 46.4 Å². The number of nitrogens with two attached hydrogens (primary N) is 3. The summed E-state index contributed by atoms with van der Waals surface area (Å²) in [6.07, 6.45) is 3.29. The molecule has 0 saturated carbocycles. The van der Waals surface area contributed by atoms with Gasteiger partial charge in [-0.25, -0.2) is 0 Å². The Balaban J connectivity index is -0.0000000503. The van der Waals surface area contributed by atoms with Gasteiger partial charge in [-0.1, -0.05) is 20.8 Å². The van der Waals surface area contributed by atoms with Crippen LogP contribution >= 0.6 is 101 Å². The Kier molecular flexibility index (Phi) is 149. The number of rotatable bonds is 16. The molecule has 17 heteroatoms. The van der Waals surface area contributed by atoms with Crippen molar-refractivity contribution in [2.45, 2.75) is 40.0 Å². The van der Waals surface area contributed by atoms with Gasteiger partial charge in [-0.15, -0.1) is 0 Å². The smallest absolute Gasteiger partial charge is 0.0906 e. The van der Waals surface area contributed by atoms with E-state index in [4.69, 9.17) is 40.6 Å². The molecule has 0 aliphatic heterocycles. The van der Waals surface area contributed by atoms with E-state index in [1.807, 2.05) is 0 Å². The van der Waals surface area contributed by atoms with Gasteiger partial charge in [0.1, 0.15) is 0 Å². The summed E-state index contributed by atoms with van der Waals surface area (Å²) in [5.41, 5.74) is 14.3. The molecule has 0 amide bonds. The van der Waals surface area contributed by atoms with Crippen molar-refractivity contribution in [2.75, 3.05) is 106 Å². The average Bonchev–Trinajstić information content (AvgIpc) is 2.93. The van der Waals surface area contributed by atoms with Crippen LogP contribution in [0.2, 0.25) is 0 Å². The number of hydrogen-bond acceptors (Lipinski definition) is 17. The topological polar surface area (TPSA) is 155 Å². The summed E-state index contributed by atoms with van der Waals surface area (Å²) in [6, 6.07) is 0. The van der Waals surface area contributed by atoms with Crippen molar-refractivity contribution in [3.8, 4) is 0 Å². The average molecular weight is 736 g/mol. The normalized spacial score (nSPS) is 8.40. The van der Waals surface area contributed by atoms with E-state index in [1.54, 1.807) is 0 Å². The monoisotopic (exact) mass is 735 g/mol. The Morgan fingerprint density at radius 1 is 0.475 bits per heavy atom. The number of thiol groups is 8. The molecule has 0 unspecified atom stereocenters. The highest BCUT2D eigenvalue weighted by Gasteiger charge is 1.80. The van der Waals surface area contributed by atoms with Crippen molar-refractivity contribution in [3.05, 3.63) is 0 Å². The maximum absolute atomic E-state index is 7.43. The van der Waals surface area contributed by atoms with Crippen LogP contribution in [-0.2, 0) is 18.9 Å². The fourth-order valence-electron chi connectivity index (χ4n) is 1.18. The number of aliphatic hydroxyl groups is 2. The first-order valence-electron chi connectivity index (χ1n) is 12.8. The van der Waals surface area contributed by atoms with Crippen LogP contribution < -0.4 is 17.2 Å². The summed E-state index contributed by atoms with van der Waals surface area (Å²) in [5.74, 6) is 3.65. The molecule has 0 aromatic rings. The van der Waals surface area contributed by atoms with Crippen LogP contribution in [0.1, 0.15) is 40.0 Å². The lowest BCUT2D eigenvalue weighted by Gasteiger charge is -1.95. The quantitative estimate of drug-likeness (QED) is 0.0650. The second kappa shape index (κ2) is 96.9. The second-order valence-electron chi connectivity index (χ2n) is 5.78. The van der Waals surface area contributed by atoms with E-state index < -0.39 is 0 Å². The molecule has 256 valence electrons. The van der Waals surface area contributed by atoms with E-state index in [0.717, 1.165) is 88.5 Å². The van der Waals surface area contributed by atoms with Crippen LogP contribution in [0.3, 0.4) is 0 Å². The number of ether oxygens (including phenoxy) is 4. The standard InChI is InChI=1S/C5H13NO.2C5H12OS.C4H10OS2.CH5NO.CH5NS.CH4OS.CH4S2/c1-2-4-7-5-3-6;2*1-2-3-6-4-5-7;6-3-1-5-2-4-7;4*2-1-3/h2-6H2,1H3;2*7H,2-5H2,1H3;6-7H,1-4H2;2*3H,1-2H2;2*2-3H,1H2. The Labute approximate surface area is 291 Å². The van der Waals surface area contributed by atoms with Crippen LogP contribution in [0, 0.1) is 0 Å². The Morgan fingerprint density at radius 3 is 0.800 bits per heavy atom. The minimum absolute atomic E-state index is 0.0556. The minimum atomic E-state index is -0.250. The van der Waals surface area contributed by atoms with Crippen molar-refractivity contribution >= 4 is 101 Å². The van der Waals surface area contributed by atoms with Crippen molar-refractivity contribution in [3.63, 3.8) is 0 Å². The Hall–Kier alpha value is 2.44. The Morgan fingerprint density at radius 2 is 0.650 bits per heavy atom. The molecule has 0 bridgehead atoms. The van der Waals surface area contributed by atoms with E-state index in [1.165, 1.54) is 0 Å². The fraction of sp³-hybridized carbons (Fsp3) is 1.00. The van der Waals surface area contributed by atoms with Gasteiger partial charge in [0.15, 0.2) is 0 Å². The van der Waals surface area contributed by atoms with Crippen LogP contribution in [-0.4, -0.2) is 116 Å². The summed E-state index contributed by atoms with van der Waals surface area (Å²) in [4.78, 5) is 0. The zero-order valence-electron chi connectivity index (χ0n) is 25.0. The third-order valence-electron chi connectivity index (χ3n) is 2.25. The maximum atomic E-state index is 7.43. The molecule has 8 N–H and O–H groups in total. The summed E-state index contributed by atoms with van der Waals surface area (Å²) in [6.45, 7) is 13.0. The predicted molar refractivity (Wildman–Crippen MR) is 207 cm³/mol. The van der Waals surface area contributed by atoms with Gasteiger partial charge in [0, 0.05) is 60.3 Å². The summed E-state index contributed by atoms with van der Waals surface area (Å²) in [5, 5.41) is 15.4. The third-order valence-corrected chi connectivity index (χ3v) is 2.98. The van der Waals surface area contributed by atoms with Gasteiger partial charge in [0.2, 0.25) is 0 Å². The summed E-state index contributed by atoms with van der Waals surface area (Å²) in [7, 11) is 0. The lowest BCUT2D eigenvalue weighted by Crippen LogP contribution is -2.08. The third kappa shape index (κ3) is 185. The van der Waals surface area contributed by atoms with E-state index in [0.29, 0.717) is 24.1 Å². The van der Waals surface area contributed by atoms with Crippen LogP contribution in [0.15, 0.2) is 0 Å². The van der Waals surface area contributed by atoms with E-state index in [2.05, 4.69) is 128 Å². The molecule has 0 rings (SSSR count). The largest absolute Gasteiger partial charge is 0.386 e. The van der Waals surface area contributed by atoms with Gasteiger partial charge in [-0.3, -0.25) is 0 Å². The molecule has 0 aliphatic carbocycles. The number of hydrogen-bond donors (Lipinski definition) is 13. The first kappa shape index (κ1) is 61.4. The van der Waals surface area contributed by atoms with Crippen LogP contribution in [0.4, 0.5) is 0 Å². The van der Waals surface area contributed by atoms with Gasteiger partial charge >= 0.3 is 0 Å². The Bertz CT molecular complexity index is 221. The first-order chi connectivity index (χ1) is 19.3. The van der Waals surface area contributed by atoms with Gasteiger partial charge in [-0.2, -0.15) is 101 Å². The predicted octanol–water partition coefficient (Wildman–Crippen LogP) is 3.32. The van der Waals surface area contributed by atoms with E-state index in [-0.39, 0.29) is 12.7 Å². The molecular weight excluding hydrogens is 671 g/mol. The minimum Gasteiger partial charge on any atom is -0.386 e. The van der Waals surface area contributed by atoms with Crippen LogP contribution in [0.5, 0.6) is 0 Å². The molecule has 0 aromatic carbocycles. The van der Waals surface area contributed by atoms with E-state index in [9.17, 15) is 0 Å². The molecule has 0 atom stereocenters. The zero-order valence-corrected chi connectivity index (χ0v) is 32.1. The molecule has 0 aromatic heterocycles. The summed E-state index contributed by atoms with van der Waals surface area (Å²) >= 11 is 30.0. The molecule has 0 heterocycles. The molecule has 0 saturated heterocycles. The van der Waals surface area contributed by atoms with E-state index >= 15 is 0 Å². The van der Waals surface area contributed by atoms with Gasteiger partial charge in [0.25, 0.3) is 0 Å². The highest BCUT2D eigenvalue weighted by molar-refractivity contribution is 7.98. The first-order valence-corrected chi connectivity index (χ1v) is 17.9. The SMILES string of the molecule is CCCOCCN.CCCOCCS.CCCOCCS.NCO.NCS.OCS.SCCOCCS.SCS.